The summed E-state index contributed by atoms with van der Waals surface area (Å²) in [5.74, 6) is -0.711. The third-order valence-corrected chi connectivity index (χ3v) is 3.48. The Morgan fingerprint density at radius 2 is 1.58 bits per heavy atom. The van der Waals surface area contributed by atoms with Crippen LogP contribution in [0.1, 0.15) is 45.7 Å². The van der Waals surface area contributed by atoms with Crippen LogP contribution in [0.5, 0.6) is 0 Å². The maximum atomic E-state index is 12.1. The van der Waals surface area contributed by atoms with Crippen LogP contribution in [0.15, 0.2) is 48.5 Å². The molecule has 0 unspecified atom stereocenters. The minimum Gasteiger partial charge on any atom is -0.374 e. The highest BCUT2D eigenvalue weighted by atomic mass is 16.5. The number of hydrogen-bond acceptors (Lipinski definition) is 3. The molecule has 2 aromatic rings. The van der Waals surface area contributed by atoms with E-state index >= 15 is 0 Å². The van der Waals surface area contributed by atoms with Crippen molar-refractivity contribution < 1.29 is 14.3 Å². The standard InChI is InChI=1S/C19H22N2O3/c1-13(2)24-12-15-8-10-16(11-9-15)18(22)20-21-19(23)17-7-5-4-6-14(17)3/h4-11,13H,12H2,1-3H3,(H,20,22)(H,21,23). The number of ether oxygens (including phenoxy) is 1. The Morgan fingerprint density at radius 1 is 0.958 bits per heavy atom. The van der Waals surface area contributed by atoms with Crippen molar-refractivity contribution in [2.75, 3.05) is 0 Å². The SMILES string of the molecule is Cc1ccccc1C(=O)NNC(=O)c1ccc(COC(C)C)cc1. The van der Waals surface area contributed by atoms with Crippen LogP contribution in [-0.4, -0.2) is 17.9 Å². The molecule has 2 aromatic carbocycles. The molecule has 24 heavy (non-hydrogen) atoms. The van der Waals surface area contributed by atoms with Crippen molar-refractivity contribution in [3.8, 4) is 0 Å². The van der Waals surface area contributed by atoms with Gasteiger partial charge in [-0.2, -0.15) is 0 Å². The summed E-state index contributed by atoms with van der Waals surface area (Å²) in [6.45, 7) is 6.29. The molecule has 0 aromatic heterocycles. The second-order valence-corrected chi connectivity index (χ2v) is 5.78. The number of nitrogens with one attached hydrogen (secondary N) is 2. The molecule has 126 valence electrons. The van der Waals surface area contributed by atoms with Crippen LogP contribution in [0.25, 0.3) is 0 Å². The first-order valence-corrected chi connectivity index (χ1v) is 7.84. The molecule has 0 aliphatic heterocycles. The molecule has 0 fully saturated rings. The molecular formula is C19H22N2O3. The number of aryl methyl sites for hydroxylation is 1. The van der Waals surface area contributed by atoms with Gasteiger partial charge in [0.1, 0.15) is 0 Å². The smallest absolute Gasteiger partial charge is 0.269 e. The number of hydrazine groups is 1. The summed E-state index contributed by atoms with van der Waals surface area (Å²) in [5, 5.41) is 0. The topological polar surface area (TPSA) is 67.4 Å². The Bertz CT molecular complexity index is 709. The van der Waals surface area contributed by atoms with Gasteiger partial charge in [-0.3, -0.25) is 20.4 Å². The number of hydrogen-bond donors (Lipinski definition) is 2. The average molecular weight is 326 g/mol. The van der Waals surface area contributed by atoms with Crippen molar-refractivity contribution in [2.24, 2.45) is 0 Å². The molecule has 0 saturated heterocycles. The molecule has 5 heteroatoms. The predicted octanol–water partition coefficient (Wildman–Crippen LogP) is 2.99. The number of amides is 2. The highest BCUT2D eigenvalue weighted by Gasteiger charge is 2.10. The lowest BCUT2D eigenvalue weighted by molar-refractivity contribution is 0.0656. The van der Waals surface area contributed by atoms with Crippen LogP contribution in [0.4, 0.5) is 0 Å². The average Bonchev–Trinajstić information content (AvgIpc) is 2.58. The third kappa shape index (κ3) is 4.93. The Labute approximate surface area is 142 Å². The fraction of sp³-hybridized carbons (Fsp3) is 0.263. The second-order valence-electron chi connectivity index (χ2n) is 5.78. The molecule has 0 spiro atoms. The molecule has 0 heterocycles. The van der Waals surface area contributed by atoms with E-state index in [0.717, 1.165) is 11.1 Å². The van der Waals surface area contributed by atoms with Crippen molar-refractivity contribution in [3.05, 3.63) is 70.8 Å². The first kappa shape index (κ1) is 17.7. The summed E-state index contributed by atoms with van der Waals surface area (Å²) in [6.07, 6.45) is 0.157. The quantitative estimate of drug-likeness (QED) is 0.830. The molecule has 0 radical (unpaired) electrons. The molecule has 0 aliphatic carbocycles. The van der Waals surface area contributed by atoms with Gasteiger partial charge >= 0.3 is 0 Å². The Kier molecular flexibility index (Phi) is 6.09. The molecule has 0 aliphatic rings. The second kappa shape index (κ2) is 8.26. The predicted molar refractivity (Wildman–Crippen MR) is 92.5 cm³/mol. The third-order valence-electron chi connectivity index (χ3n) is 3.48. The summed E-state index contributed by atoms with van der Waals surface area (Å²) < 4.78 is 5.51. The van der Waals surface area contributed by atoms with Gasteiger partial charge in [0, 0.05) is 11.1 Å². The lowest BCUT2D eigenvalue weighted by Gasteiger charge is -2.10. The van der Waals surface area contributed by atoms with Gasteiger partial charge in [-0.15, -0.1) is 0 Å². The lowest BCUT2D eigenvalue weighted by Crippen LogP contribution is -2.41. The van der Waals surface area contributed by atoms with Crippen LogP contribution < -0.4 is 10.9 Å². The zero-order chi connectivity index (χ0) is 17.5. The molecule has 0 bridgehead atoms. The van der Waals surface area contributed by atoms with Crippen LogP contribution >= 0.6 is 0 Å². The van der Waals surface area contributed by atoms with Gasteiger partial charge in [0.05, 0.1) is 12.7 Å². The number of carbonyl (C=O) groups is 2. The molecule has 2 N–H and O–H groups in total. The fourth-order valence-corrected chi connectivity index (χ4v) is 2.10. The first-order valence-electron chi connectivity index (χ1n) is 7.84. The van der Waals surface area contributed by atoms with Crippen molar-refractivity contribution in [3.63, 3.8) is 0 Å². The Hall–Kier alpha value is -2.66. The van der Waals surface area contributed by atoms with Gasteiger partial charge in [0.15, 0.2) is 0 Å². The summed E-state index contributed by atoms with van der Waals surface area (Å²) in [7, 11) is 0. The minimum atomic E-state index is -0.367. The monoisotopic (exact) mass is 326 g/mol. The number of benzene rings is 2. The zero-order valence-corrected chi connectivity index (χ0v) is 14.1. The van der Waals surface area contributed by atoms with Crippen LogP contribution in [0.2, 0.25) is 0 Å². The lowest BCUT2D eigenvalue weighted by atomic mass is 10.1. The summed E-state index contributed by atoms with van der Waals surface area (Å²) in [5.41, 5.74) is 7.68. The highest BCUT2D eigenvalue weighted by molar-refractivity contribution is 5.99. The maximum absolute atomic E-state index is 12.1. The number of rotatable bonds is 5. The van der Waals surface area contributed by atoms with E-state index in [9.17, 15) is 9.59 Å². The molecule has 2 rings (SSSR count). The van der Waals surface area contributed by atoms with Gasteiger partial charge in [-0.25, -0.2) is 0 Å². The van der Waals surface area contributed by atoms with E-state index in [-0.39, 0.29) is 17.9 Å². The van der Waals surface area contributed by atoms with Gasteiger partial charge in [-0.05, 0) is 50.1 Å². The van der Waals surface area contributed by atoms with E-state index < -0.39 is 0 Å². The van der Waals surface area contributed by atoms with Gasteiger partial charge in [-0.1, -0.05) is 30.3 Å². The van der Waals surface area contributed by atoms with Crippen molar-refractivity contribution in [1.82, 2.24) is 10.9 Å². The molecule has 2 amide bonds. The van der Waals surface area contributed by atoms with Crippen LogP contribution in [-0.2, 0) is 11.3 Å². The van der Waals surface area contributed by atoms with Crippen LogP contribution in [0, 0.1) is 6.92 Å². The van der Waals surface area contributed by atoms with Crippen molar-refractivity contribution >= 4 is 11.8 Å². The van der Waals surface area contributed by atoms with Crippen molar-refractivity contribution in [1.29, 1.82) is 0 Å². The van der Waals surface area contributed by atoms with Crippen molar-refractivity contribution in [2.45, 2.75) is 33.5 Å². The largest absolute Gasteiger partial charge is 0.374 e. The molecule has 0 atom stereocenters. The van der Waals surface area contributed by atoms with Gasteiger partial charge < -0.3 is 4.74 Å². The Morgan fingerprint density at radius 3 is 2.21 bits per heavy atom. The van der Waals surface area contributed by atoms with Gasteiger partial charge in [0.2, 0.25) is 0 Å². The Balaban J connectivity index is 1.90. The van der Waals surface area contributed by atoms with E-state index in [1.54, 1.807) is 24.3 Å². The summed E-state index contributed by atoms with van der Waals surface area (Å²) in [6, 6.07) is 14.3. The zero-order valence-electron chi connectivity index (χ0n) is 14.1. The summed E-state index contributed by atoms with van der Waals surface area (Å²) >= 11 is 0. The summed E-state index contributed by atoms with van der Waals surface area (Å²) in [4.78, 5) is 24.1. The highest BCUT2D eigenvalue weighted by Crippen LogP contribution is 2.08. The normalized spacial score (nSPS) is 10.5. The van der Waals surface area contributed by atoms with E-state index in [4.69, 9.17) is 4.74 Å². The molecule has 5 nitrogen and oxygen atoms in total. The van der Waals surface area contributed by atoms with E-state index in [0.29, 0.717) is 17.7 Å². The first-order chi connectivity index (χ1) is 11.5. The molecule has 0 saturated carbocycles. The van der Waals surface area contributed by atoms with E-state index in [1.165, 1.54) is 0 Å². The van der Waals surface area contributed by atoms with E-state index in [1.807, 2.05) is 45.0 Å². The van der Waals surface area contributed by atoms with E-state index in [2.05, 4.69) is 10.9 Å². The number of carbonyl (C=O) groups excluding carboxylic acids is 2. The maximum Gasteiger partial charge on any atom is 0.269 e. The minimum absolute atomic E-state index is 0.157. The van der Waals surface area contributed by atoms with Gasteiger partial charge in [0.25, 0.3) is 11.8 Å². The molecular weight excluding hydrogens is 304 g/mol. The fourth-order valence-electron chi connectivity index (χ4n) is 2.10. The van der Waals surface area contributed by atoms with Crippen LogP contribution in [0.3, 0.4) is 0 Å².